The summed E-state index contributed by atoms with van der Waals surface area (Å²) < 4.78 is 21.1. The molecule has 0 aromatic heterocycles. The number of nitrogens with one attached hydrogen (secondary N) is 1. The van der Waals surface area contributed by atoms with Gasteiger partial charge in [-0.15, -0.1) is 0 Å². The maximum absolute atomic E-state index is 11.9. The molecular formula is C22H31N3O12. The van der Waals surface area contributed by atoms with Gasteiger partial charge in [0.1, 0.15) is 5.78 Å². The van der Waals surface area contributed by atoms with Gasteiger partial charge >= 0.3 is 5.97 Å². The molecule has 206 valence electrons. The molecule has 0 bridgehead atoms. The molecule has 15 heteroatoms. The number of carboxylic acids is 1. The smallest absolute Gasteiger partial charge is 0.350 e. The van der Waals surface area contributed by atoms with E-state index in [0.717, 1.165) is 4.90 Å². The lowest BCUT2D eigenvalue weighted by Gasteiger charge is -2.34. The van der Waals surface area contributed by atoms with E-state index in [1.165, 1.54) is 17.6 Å². The molecule has 2 aliphatic heterocycles. The second-order valence-corrected chi connectivity index (χ2v) is 7.99. The van der Waals surface area contributed by atoms with E-state index >= 15 is 0 Å². The summed E-state index contributed by atoms with van der Waals surface area (Å²) in [6.45, 7) is 0.510. The second-order valence-electron chi connectivity index (χ2n) is 7.99. The van der Waals surface area contributed by atoms with Crippen molar-refractivity contribution in [2.24, 2.45) is 0 Å². The molecule has 0 spiro atoms. The van der Waals surface area contributed by atoms with Crippen LogP contribution in [0.15, 0.2) is 12.2 Å². The summed E-state index contributed by atoms with van der Waals surface area (Å²) in [7, 11) is 0. The van der Waals surface area contributed by atoms with Gasteiger partial charge in [-0.05, 0) is 0 Å². The van der Waals surface area contributed by atoms with Crippen LogP contribution in [0.1, 0.15) is 25.7 Å². The van der Waals surface area contributed by atoms with Crippen LogP contribution in [0.4, 0.5) is 0 Å². The van der Waals surface area contributed by atoms with Crippen molar-refractivity contribution in [2.75, 3.05) is 59.4 Å². The average molecular weight is 529 g/mol. The van der Waals surface area contributed by atoms with Gasteiger partial charge in [0, 0.05) is 44.4 Å². The second kappa shape index (κ2) is 15.2. The van der Waals surface area contributed by atoms with Crippen molar-refractivity contribution in [3.05, 3.63) is 12.2 Å². The van der Waals surface area contributed by atoms with Crippen molar-refractivity contribution in [3.8, 4) is 0 Å². The zero-order valence-corrected chi connectivity index (χ0v) is 20.2. The molecular weight excluding hydrogens is 498 g/mol. The summed E-state index contributed by atoms with van der Waals surface area (Å²) in [5.74, 6) is -4.07. The number of nitrogens with zero attached hydrogens (tertiary/aromatic N) is 2. The molecule has 1 atom stereocenters. The minimum Gasteiger partial charge on any atom is -0.478 e. The number of carbonyl (C=O) groups excluding carboxylic acids is 5. The molecule has 3 N–H and O–H groups in total. The quantitative estimate of drug-likeness (QED) is 0.0911. The highest BCUT2D eigenvalue weighted by Gasteiger charge is 2.52. The van der Waals surface area contributed by atoms with Crippen molar-refractivity contribution in [3.63, 3.8) is 0 Å². The van der Waals surface area contributed by atoms with Gasteiger partial charge in [0.05, 0.1) is 52.9 Å². The number of likely N-dealkylation sites (tertiary alicyclic amines) is 1. The molecule has 4 amide bonds. The predicted octanol–water partition coefficient (Wildman–Crippen LogP) is -1.76. The van der Waals surface area contributed by atoms with E-state index in [2.05, 4.69) is 0 Å². The van der Waals surface area contributed by atoms with Gasteiger partial charge in [-0.25, -0.2) is 9.69 Å². The molecule has 15 nitrogen and oxygen atoms in total. The van der Waals surface area contributed by atoms with Crippen LogP contribution in [0.5, 0.6) is 0 Å². The third-order valence-corrected chi connectivity index (χ3v) is 5.44. The lowest BCUT2D eigenvalue weighted by atomic mass is 10.1. The van der Waals surface area contributed by atoms with E-state index in [1.54, 1.807) is 0 Å². The molecule has 2 aliphatic rings. The number of ketones is 1. The Hall–Kier alpha value is -3.08. The van der Waals surface area contributed by atoms with Crippen molar-refractivity contribution in [2.45, 2.75) is 31.3 Å². The number of aliphatic carboxylic acids is 1. The van der Waals surface area contributed by atoms with Gasteiger partial charge in [-0.1, -0.05) is 0 Å². The molecule has 0 saturated carbocycles. The minimum atomic E-state index is -2.41. The largest absolute Gasteiger partial charge is 0.478 e. The highest BCUT2D eigenvalue weighted by molar-refractivity contribution is 6.13. The standard InChI is InChI=1S/C22H31N3O12/c26-16(5-7-24-17(27)1-2-18(24)28)6-8-34-9-10-35-11-12-36-13-14-37-15-22(23-33,21(31)32)25-19(29)3-4-20(25)30/h1-2,23,33H,3-15H2,(H,31,32). The van der Waals surface area contributed by atoms with Crippen LogP contribution >= 0.6 is 0 Å². The van der Waals surface area contributed by atoms with E-state index in [4.69, 9.17) is 18.9 Å². The van der Waals surface area contributed by atoms with Gasteiger partial charge < -0.3 is 29.3 Å². The predicted molar refractivity (Wildman–Crippen MR) is 120 cm³/mol. The molecule has 2 heterocycles. The zero-order valence-electron chi connectivity index (χ0n) is 20.2. The molecule has 1 unspecified atom stereocenters. The molecule has 0 radical (unpaired) electrons. The number of ether oxygens (including phenoxy) is 4. The Labute approximate surface area is 212 Å². The van der Waals surface area contributed by atoms with E-state index in [0.29, 0.717) is 4.90 Å². The van der Waals surface area contributed by atoms with Crippen LogP contribution in [-0.2, 0) is 47.7 Å². The lowest BCUT2D eigenvalue weighted by molar-refractivity contribution is -0.182. The van der Waals surface area contributed by atoms with Gasteiger partial charge in [-0.3, -0.25) is 28.9 Å². The first-order valence-electron chi connectivity index (χ1n) is 11.6. The van der Waals surface area contributed by atoms with E-state index in [-0.39, 0.29) is 84.3 Å². The average Bonchev–Trinajstić information content (AvgIpc) is 3.37. The van der Waals surface area contributed by atoms with Crippen molar-refractivity contribution < 1.29 is 58.0 Å². The molecule has 37 heavy (non-hydrogen) atoms. The first kappa shape index (κ1) is 30.1. The summed E-state index contributed by atoms with van der Waals surface area (Å²) in [6.07, 6.45) is 2.27. The summed E-state index contributed by atoms with van der Waals surface area (Å²) >= 11 is 0. The van der Waals surface area contributed by atoms with Crippen LogP contribution in [0.25, 0.3) is 0 Å². The highest BCUT2D eigenvalue weighted by Crippen LogP contribution is 2.23. The maximum Gasteiger partial charge on any atom is 0.350 e. The monoisotopic (exact) mass is 529 g/mol. The van der Waals surface area contributed by atoms with E-state index in [9.17, 15) is 39.1 Å². The van der Waals surface area contributed by atoms with E-state index in [1.807, 2.05) is 0 Å². The molecule has 0 aliphatic carbocycles. The van der Waals surface area contributed by atoms with Gasteiger partial charge in [0.25, 0.3) is 11.8 Å². The first-order valence-corrected chi connectivity index (χ1v) is 11.6. The van der Waals surface area contributed by atoms with Gasteiger partial charge in [0.15, 0.2) is 0 Å². The number of amides is 4. The lowest BCUT2D eigenvalue weighted by Crippen LogP contribution is -2.67. The molecule has 1 fully saturated rings. The molecule has 0 aromatic carbocycles. The maximum atomic E-state index is 11.9. The molecule has 0 aromatic rings. The van der Waals surface area contributed by atoms with Crippen molar-refractivity contribution in [1.29, 1.82) is 0 Å². The summed E-state index contributed by atoms with van der Waals surface area (Å²) in [5.41, 5.74) is -0.891. The third-order valence-electron chi connectivity index (χ3n) is 5.44. The fourth-order valence-electron chi connectivity index (χ4n) is 3.43. The fourth-order valence-corrected chi connectivity index (χ4v) is 3.43. The van der Waals surface area contributed by atoms with Crippen molar-refractivity contribution in [1.82, 2.24) is 15.3 Å². The summed E-state index contributed by atoms with van der Waals surface area (Å²) in [6, 6.07) is 0. The third kappa shape index (κ3) is 8.77. The number of hydrogen-bond acceptors (Lipinski definition) is 12. The number of hydrogen-bond donors (Lipinski definition) is 3. The highest BCUT2D eigenvalue weighted by atomic mass is 16.6. The molecule has 2 rings (SSSR count). The van der Waals surface area contributed by atoms with Crippen LogP contribution in [-0.4, -0.2) is 121 Å². The van der Waals surface area contributed by atoms with Crippen molar-refractivity contribution >= 4 is 35.4 Å². The van der Waals surface area contributed by atoms with Gasteiger partial charge in [-0.2, -0.15) is 5.48 Å². The summed E-state index contributed by atoms with van der Waals surface area (Å²) in [4.78, 5) is 71.5. The number of carbonyl (C=O) groups is 6. The van der Waals surface area contributed by atoms with Crippen LogP contribution in [0.2, 0.25) is 0 Å². The van der Waals surface area contributed by atoms with Crippen LogP contribution in [0.3, 0.4) is 0 Å². The van der Waals surface area contributed by atoms with Gasteiger partial charge in [0.2, 0.25) is 17.5 Å². The SMILES string of the molecule is O=C(CCOCCOCCOCCOCC(NO)(C(=O)O)N1C(=O)CCC1=O)CCN1C(=O)C=CC1=O. The van der Waals surface area contributed by atoms with Crippen LogP contribution < -0.4 is 5.48 Å². The number of carboxylic acid groups (broad SMARTS) is 1. The first-order chi connectivity index (χ1) is 17.7. The summed E-state index contributed by atoms with van der Waals surface area (Å²) in [5, 5.41) is 18.8. The molecule has 1 saturated heterocycles. The Kier molecular flexibility index (Phi) is 12.4. The van der Waals surface area contributed by atoms with Crippen LogP contribution in [0, 0.1) is 0 Å². The number of imide groups is 2. The topological polar surface area (TPSA) is 198 Å². The normalized spacial score (nSPS) is 17.2. The number of Topliss-reactive ketones (excluding diaryl/α,β-unsaturated/α-hetero) is 1. The Morgan fingerprint density at radius 3 is 1.78 bits per heavy atom. The number of rotatable bonds is 20. The Balaban J connectivity index is 1.45. The Morgan fingerprint density at radius 1 is 0.811 bits per heavy atom. The zero-order chi connectivity index (χ0) is 27.3. The Morgan fingerprint density at radius 2 is 1.30 bits per heavy atom. The fraction of sp³-hybridized carbons (Fsp3) is 0.636. The minimum absolute atomic E-state index is 0.0498. The van der Waals surface area contributed by atoms with E-state index < -0.39 is 41.9 Å². The number of hydroxylamine groups is 1. The Bertz CT molecular complexity index is 858.